The van der Waals surface area contributed by atoms with Gasteiger partial charge in [-0.3, -0.25) is 4.79 Å². The van der Waals surface area contributed by atoms with Crippen molar-refractivity contribution in [3.8, 4) is 5.75 Å². The highest BCUT2D eigenvalue weighted by atomic mass is 32.2. The zero-order valence-corrected chi connectivity index (χ0v) is 19.1. The van der Waals surface area contributed by atoms with Gasteiger partial charge in [0.15, 0.2) is 0 Å². The lowest BCUT2D eigenvalue weighted by Crippen LogP contribution is -2.17. The predicted octanol–water partition coefficient (Wildman–Crippen LogP) is 3.69. The maximum Gasteiger partial charge on any atom is 0.264 e. The second kappa shape index (κ2) is 11.2. The standard InChI is InChI=1S/C22H27N7O2S/c1-4-15(2)17-8-10-18(11-9-17)25-20(30)14-32-22-28-27-21(29(22)23)26-24-13-16-6-5-7-19(12-16)31-3/h5-13,15H,4,14,23H2,1-3H3,(H,25,30)(H,26,27)/b24-13+. The first kappa shape index (κ1) is 23.1. The van der Waals surface area contributed by atoms with Gasteiger partial charge >= 0.3 is 0 Å². The third-order valence-electron chi connectivity index (χ3n) is 4.84. The van der Waals surface area contributed by atoms with Crippen LogP contribution < -0.4 is 21.3 Å². The maximum atomic E-state index is 12.3. The van der Waals surface area contributed by atoms with Crippen LogP contribution in [0, 0.1) is 0 Å². The Morgan fingerprint density at radius 2 is 2.06 bits per heavy atom. The number of carbonyl (C=O) groups excluding carboxylic acids is 1. The van der Waals surface area contributed by atoms with Crippen molar-refractivity contribution in [3.05, 3.63) is 59.7 Å². The molecule has 168 valence electrons. The third-order valence-corrected chi connectivity index (χ3v) is 5.79. The zero-order chi connectivity index (χ0) is 22.9. The summed E-state index contributed by atoms with van der Waals surface area (Å²) in [4.78, 5) is 12.3. The zero-order valence-electron chi connectivity index (χ0n) is 18.3. The summed E-state index contributed by atoms with van der Waals surface area (Å²) < 4.78 is 6.43. The normalized spacial score (nSPS) is 12.0. The van der Waals surface area contributed by atoms with E-state index in [0.717, 1.165) is 23.4 Å². The Labute approximate surface area is 191 Å². The second-order valence-corrected chi connectivity index (χ2v) is 8.03. The Bertz CT molecular complexity index is 1070. The number of nitrogens with two attached hydrogens (primary N) is 1. The molecule has 1 atom stereocenters. The van der Waals surface area contributed by atoms with Crippen molar-refractivity contribution in [1.82, 2.24) is 14.9 Å². The highest BCUT2D eigenvalue weighted by Gasteiger charge is 2.12. The number of ether oxygens (including phenoxy) is 1. The van der Waals surface area contributed by atoms with Gasteiger partial charge < -0.3 is 15.9 Å². The van der Waals surface area contributed by atoms with E-state index in [-0.39, 0.29) is 17.6 Å². The molecular formula is C22H27N7O2S. The molecule has 9 nitrogen and oxygen atoms in total. The van der Waals surface area contributed by atoms with Crippen LogP contribution in [0.2, 0.25) is 0 Å². The fraction of sp³-hybridized carbons (Fsp3) is 0.273. The lowest BCUT2D eigenvalue weighted by molar-refractivity contribution is -0.113. The minimum atomic E-state index is -0.153. The van der Waals surface area contributed by atoms with Crippen molar-refractivity contribution in [1.29, 1.82) is 0 Å². The van der Waals surface area contributed by atoms with Gasteiger partial charge in [0.1, 0.15) is 5.75 Å². The van der Waals surface area contributed by atoms with Gasteiger partial charge in [0.2, 0.25) is 11.1 Å². The van der Waals surface area contributed by atoms with Crippen molar-refractivity contribution >= 4 is 35.5 Å². The number of benzene rings is 2. The summed E-state index contributed by atoms with van der Waals surface area (Å²) in [5.41, 5.74) is 5.61. The van der Waals surface area contributed by atoms with Crippen LogP contribution in [0.25, 0.3) is 0 Å². The molecule has 10 heteroatoms. The highest BCUT2D eigenvalue weighted by molar-refractivity contribution is 7.99. The highest BCUT2D eigenvalue weighted by Crippen LogP contribution is 2.21. The molecule has 0 saturated carbocycles. The molecule has 0 spiro atoms. The summed E-state index contributed by atoms with van der Waals surface area (Å²) in [5.74, 6) is 7.49. The number of hydrogen-bond acceptors (Lipinski definition) is 8. The first-order valence-corrected chi connectivity index (χ1v) is 11.1. The van der Waals surface area contributed by atoms with E-state index in [1.54, 1.807) is 13.3 Å². The summed E-state index contributed by atoms with van der Waals surface area (Å²) in [5, 5.41) is 15.4. The van der Waals surface area contributed by atoms with E-state index in [4.69, 9.17) is 10.6 Å². The minimum absolute atomic E-state index is 0.148. The summed E-state index contributed by atoms with van der Waals surface area (Å²) >= 11 is 1.19. The molecule has 1 aromatic heterocycles. The van der Waals surface area contributed by atoms with Gasteiger partial charge in [-0.25, -0.2) is 10.1 Å². The molecule has 0 bridgehead atoms. The average molecular weight is 454 g/mol. The molecule has 0 aliphatic rings. The molecule has 4 N–H and O–H groups in total. The van der Waals surface area contributed by atoms with E-state index in [1.807, 2.05) is 48.5 Å². The van der Waals surface area contributed by atoms with Gasteiger partial charge in [-0.2, -0.15) is 5.10 Å². The number of hydrazone groups is 1. The van der Waals surface area contributed by atoms with E-state index in [2.05, 4.69) is 39.9 Å². The fourth-order valence-electron chi connectivity index (χ4n) is 2.80. The van der Waals surface area contributed by atoms with Crippen LogP contribution in [0.4, 0.5) is 11.6 Å². The van der Waals surface area contributed by atoms with Gasteiger partial charge in [0.25, 0.3) is 5.95 Å². The molecule has 1 amide bonds. The van der Waals surface area contributed by atoms with Crippen molar-refractivity contribution in [2.45, 2.75) is 31.3 Å². The number of nitrogens with zero attached hydrogens (tertiary/aromatic N) is 4. The molecule has 0 fully saturated rings. The Morgan fingerprint density at radius 3 is 2.78 bits per heavy atom. The number of hydrogen-bond donors (Lipinski definition) is 3. The van der Waals surface area contributed by atoms with E-state index >= 15 is 0 Å². The van der Waals surface area contributed by atoms with Crippen LogP contribution in [0.1, 0.15) is 37.3 Å². The number of nitrogen functional groups attached to an aromatic ring is 1. The Morgan fingerprint density at radius 1 is 1.28 bits per heavy atom. The van der Waals surface area contributed by atoms with Gasteiger partial charge in [-0.15, -0.1) is 10.2 Å². The third kappa shape index (κ3) is 6.24. The molecule has 0 aliphatic carbocycles. The predicted molar refractivity (Wildman–Crippen MR) is 129 cm³/mol. The molecule has 3 aromatic rings. The van der Waals surface area contributed by atoms with E-state index < -0.39 is 0 Å². The second-order valence-electron chi connectivity index (χ2n) is 7.09. The van der Waals surface area contributed by atoms with Crippen molar-refractivity contribution in [3.63, 3.8) is 0 Å². The molecule has 0 radical (unpaired) electrons. The van der Waals surface area contributed by atoms with Gasteiger partial charge in [-0.1, -0.05) is 49.9 Å². The first-order valence-electron chi connectivity index (χ1n) is 10.2. The lowest BCUT2D eigenvalue weighted by Gasteiger charge is -2.10. The van der Waals surface area contributed by atoms with Crippen molar-refractivity contribution in [2.24, 2.45) is 5.10 Å². The fourth-order valence-corrected chi connectivity index (χ4v) is 3.45. The van der Waals surface area contributed by atoms with Crippen molar-refractivity contribution in [2.75, 3.05) is 29.4 Å². The van der Waals surface area contributed by atoms with Gasteiger partial charge in [0, 0.05) is 5.69 Å². The molecular weight excluding hydrogens is 426 g/mol. The topological polar surface area (TPSA) is 119 Å². The molecule has 0 aliphatic heterocycles. The van der Waals surface area contributed by atoms with Crippen LogP contribution in [0.15, 0.2) is 58.8 Å². The summed E-state index contributed by atoms with van der Waals surface area (Å²) in [7, 11) is 1.61. The number of rotatable bonds is 10. The summed E-state index contributed by atoms with van der Waals surface area (Å²) in [6.07, 6.45) is 2.69. The largest absolute Gasteiger partial charge is 0.497 e. The number of methoxy groups -OCH3 is 1. The summed E-state index contributed by atoms with van der Waals surface area (Å²) in [6, 6.07) is 15.4. The average Bonchev–Trinajstić information content (AvgIpc) is 3.17. The smallest absolute Gasteiger partial charge is 0.264 e. The number of nitrogens with one attached hydrogen (secondary N) is 2. The Kier molecular flexibility index (Phi) is 8.09. The van der Waals surface area contributed by atoms with E-state index in [9.17, 15) is 4.79 Å². The molecule has 1 heterocycles. The monoisotopic (exact) mass is 453 g/mol. The number of carbonyl (C=O) groups is 1. The molecule has 1 unspecified atom stereocenters. The molecule has 2 aromatic carbocycles. The first-order chi connectivity index (χ1) is 15.5. The quantitative estimate of drug-likeness (QED) is 0.185. The maximum absolute atomic E-state index is 12.3. The van der Waals surface area contributed by atoms with E-state index in [1.165, 1.54) is 22.0 Å². The number of anilines is 2. The van der Waals surface area contributed by atoms with E-state index in [0.29, 0.717) is 11.1 Å². The number of thioether (sulfide) groups is 1. The van der Waals surface area contributed by atoms with Gasteiger partial charge in [-0.05, 0) is 47.7 Å². The Balaban J connectivity index is 1.50. The Hall–Kier alpha value is -3.53. The van der Waals surface area contributed by atoms with Crippen molar-refractivity contribution < 1.29 is 9.53 Å². The number of amides is 1. The SMILES string of the molecule is CCC(C)c1ccc(NC(=O)CSc2nnc(N/N=C/c3cccc(OC)c3)n2N)cc1. The van der Waals surface area contributed by atoms with Crippen LogP contribution in [0.5, 0.6) is 5.75 Å². The molecule has 3 rings (SSSR count). The van der Waals surface area contributed by atoms with Crippen LogP contribution >= 0.6 is 11.8 Å². The van der Waals surface area contributed by atoms with Crippen LogP contribution in [0.3, 0.4) is 0 Å². The summed E-state index contributed by atoms with van der Waals surface area (Å²) in [6.45, 7) is 4.34. The molecule has 0 saturated heterocycles. The van der Waals surface area contributed by atoms with Crippen LogP contribution in [-0.2, 0) is 4.79 Å². The lowest BCUT2D eigenvalue weighted by atomic mass is 9.99. The minimum Gasteiger partial charge on any atom is -0.497 e. The van der Waals surface area contributed by atoms with Crippen LogP contribution in [-0.4, -0.2) is 39.9 Å². The molecule has 32 heavy (non-hydrogen) atoms. The van der Waals surface area contributed by atoms with Gasteiger partial charge in [0.05, 0.1) is 19.1 Å². The number of aromatic nitrogens is 3.